The molecule has 1 aliphatic heterocycles. The molecule has 0 bridgehead atoms. The van der Waals surface area contributed by atoms with E-state index in [-0.39, 0.29) is 0 Å². The Labute approximate surface area is 91.3 Å². The van der Waals surface area contributed by atoms with Crippen molar-refractivity contribution < 1.29 is 5.11 Å². The van der Waals surface area contributed by atoms with Crippen LogP contribution in [0.15, 0.2) is 24.3 Å². The number of phenols is 1. The van der Waals surface area contributed by atoms with Gasteiger partial charge < -0.3 is 10.4 Å². The highest BCUT2D eigenvalue weighted by atomic mass is 16.3. The number of benzene rings is 1. The molecule has 0 spiro atoms. The quantitative estimate of drug-likeness (QED) is 0.737. The third-order valence-corrected chi connectivity index (χ3v) is 3.41. The molecular weight excluding hydrogens is 186 g/mol. The fourth-order valence-corrected chi connectivity index (χ4v) is 2.74. The standard InChI is InChI=1S/C13H19NO/c1-9-7-14-8-10(2)13(9)11-4-3-5-12(15)6-11/h3-6,9-10,13-15H,7-8H2,1-2H3/t9-,10-/m1/s1. The Morgan fingerprint density at radius 3 is 2.47 bits per heavy atom. The van der Waals surface area contributed by atoms with Crippen molar-refractivity contribution >= 4 is 0 Å². The smallest absolute Gasteiger partial charge is 0.115 e. The largest absolute Gasteiger partial charge is 0.508 e. The Morgan fingerprint density at radius 1 is 1.20 bits per heavy atom. The molecule has 82 valence electrons. The topological polar surface area (TPSA) is 32.3 Å². The summed E-state index contributed by atoms with van der Waals surface area (Å²) in [4.78, 5) is 0. The number of aromatic hydroxyl groups is 1. The molecule has 0 unspecified atom stereocenters. The summed E-state index contributed by atoms with van der Waals surface area (Å²) in [5.74, 6) is 2.22. The van der Waals surface area contributed by atoms with Crippen LogP contribution in [-0.4, -0.2) is 18.2 Å². The number of rotatable bonds is 1. The van der Waals surface area contributed by atoms with Crippen LogP contribution in [0.1, 0.15) is 25.3 Å². The highest BCUT2D eigenvalue weighted by Crippen LogP contribution is 2.35. The second kappa shape index (κ2) is 4.23. The van der Waals surface area contributed by atoms with Gasteiger partial charge in [0, 0.05) is 0 Å². The molecule has 15 heavy (non-hydrogen) atoms. The SMILES string of the molecule is C[C@@H]1CNC[C@@H](C)C1c1cccc(O)c1. The monoisotopic (exact) mass is 205 g/mol. The number of nitrogens with one attached hydrogen (secondary N) is 1. The molecule has 1 aromatic rings. The van der Waals surface area contributed by atoms with Crippen molar-refractivity contribution in [2.75, 3.05) is 13.1 Å². The third-order valence-electron chi connectivity index (χ3n) is 3.41. The van der Waals surface area contributed by atoms with Crippen LogP contribution >= 0.6 is 0 Å². The molecule has 1 heterocycles. The van der Waals surface area contributed by atoms with E-state index in [0.717, 1.165) is 13.1 Å². The van der Waals surface area contributed by atoms with Crippen molar-refractivity contribution in [3.8, 4) is 5.75 Å². The van der Waals surface area contributed by atoms with Crippen LogP contribution in [0.5, 0.6) is 5.75 Å². The van der Waals surface area contributed by atoms with Crippen LogP contribution in [0.2, 0.25) is 0 Å². The molecule has 2 rings (SSSR count). The van der Waals surface area contributed by atoms with E-state index in [1.54, 1.807) is 6.07 Å². The first-order chi connectivity index (χ1) is 7.18. The average Bonchev–Trinajstić information content (AvgIpc) is 2.17. The number of hydrogen-bond acceptors (Lipinski definition) is 2. The second-order valence-electron chi connectivity index (χ2n) is 4.73. The van der Waals surface area contributed by atoms with Crippen LogP contribution in [0, 0.1) is 11.8 Å². The average molecular weight is 205 g/mol. The van der Waals surface area contributed by atoms with Gasteiger partial charge in [-0.3, -0.25) is 0 Å². The first-order valence-electron chi connectivity index (χ1n) is 5.68. The van der Waals surface area contributed by atoms with E-state index in [0.29, 0.717) is 23.5 Å². The van der Waals surface area contributed by atoms with Gasteiger partial charge in [0.05, 0.1) is 0 Å². The molecule has 1 fully saturated rings. The summed E-state index contributed by atoms with van der Waals surface area (Å²) in [6.45, 7) is 6.70. The maximum absolute atomic E-state index is 9.50. The molecule has 2 heteroatoms. The van der Waals surface area contributed by atoms with Gasteiger partial charge in [0.1, 0.15) is 5.75 Å². The molecule has 2 atom stereocenters. The molecular formula is C13H19NO. The third kappa shape index (κ3) is 2.15. The van der Waals surface area contributed by atoms with Crippen LogP contribution in [0.4, 0.5) is 0 Å². The summed E-state index contributed by atoms with van der Waals surface area (Å²) in [5.41, 5.74) is 1.27. The van der Waals surface area contributed by atoms with Crippen molar-refractivity contribution in [2.24, 2.45) is 11.8 Å². The highest BCUT2D eigenvalue weighted by Gasteiger charge is 2.28. The predicted molar refractivity (Wildman–Crippen MR) is 62.0 cm³/mol. The van der Waals surface area contributed by atoms with Gasteiger partial charge in [-0.1, -0.05) is 26.0 Å². The first kappa shape index (κ1) is 10.5. The minimum Gasteiger partial charge on any atom is -0.508 e. The highest BCUT2D eigenvalue weighted by molar-refractivity contribution is 5.30. The molecule has 0 aromatic heterocycles. The van der Waals surface area contributed by atoms with Crippen molar-refractivity contribution in [1.29, 1.82) is 0 Å². The van der Waals surface area contributed by atoms with Gasteiger partial charge in [-0.2, -0.15) is 0 Å². The lowest BCUT2D eigenvalue weighted by atomic mass is 9.76. The Hall–Kier alpha value is -1.02. The van der Waals surface area contributed by atoms with Crippen molar-refractivity contribution in [3.05, 3.63) is 29.8 Å². The summed E-state index contributed by atoms with van der Waals surface area (Å²) in [6.07, 6.45) is 0. The first-order valence-corrected chi connectivity index (χ1v) is 5.68. The molecule has 1 saturated heterocycles. The van der Waals surface area contributed by atoms with Gasteiger partial charge in [0.15, 0.2) is 0 Å². The molecule has 0 radical (unpaired) electrons. The van der Waals surface area contributed by atoms with Crippen molar-refractivity contribution in [2.45, 2.75) is 19.8 Å². The van der Waals surface area contributed by atoms with E-state index in [9.17, 15) is 5.11 Å². The summed E-state index contributed by atoms with van der Waals surface area (Å²) in [7, 11) is 0. The second-order valence-corrected chi connectivity index (χ2v) is 4.73. The molecule has 0 saturated carbocycles. The molecule has 0 aliphatic carbocycles. The minimum absolute atomic E-state index is 0.380. The maximum Gasteiger partial charge on any atom is 0.115 e. The predicted octanol–water partition coefficient (Wildman–Crippen LogP) is 2.35. The fraction of sp³-hybridized carbons (Fsp3) is 0.538. The Morgan fingerprint density at radius 2 is 1.87 bits per heavy atom. The summed E-state index contributed by atoms with van der Waals surface area (Å²) < 4.78 is 0. The van der Waals surface area contributed by atoms with E-state index in [2.05, 4.69) is 25.2 Å². The van der Waals surface area contributed by atoms with E-state index >= 15 is 0 Å². The zero-order valence-corrected chi connectivity index (χ0v) is 9.40. The zero-order chi connectivity index (χ0) is 10.8. The van der Waals surface area contributed by atoms with Crippen LogP contribution < -0.4 is 5.32 Å². The number of phenolic OH excluding ortho intramolecular Hbond substituents is 1. The number of hydrogen-bond donors (Lipinski definition) is 2. The summed E-state index contributed by atoms with van der Waals surface area (Å²) in [5, 5.41) is 12.9. The lowest BCUT2D eigenvalue weighted by molar-refractivity contribution is 0.267. The van der Waals surface area contributed by atoms with Gasteiger partial charge in [0.25, 0.3) is 0 Å². The van der Waals surface area contributed by atoms with E-state index < -0.39 is 0 Å². The lowest BCUT2D eigenvalue weighted by Gasteiger charge is -2.35. The van der Waals surface area contributed by atoms with Gasteiger partial charge in [-0.15, -0.1) is 0 Å². The van der Waals surface area contributed by atoms with E-state index in [1.165, 1.54) is 5.56 Å². The van der Waals surface area contributed by atoms with E-state index in [1.807, 2.05) is 12.1 Å². The summed E-state index contributed by atoms with van der Waals surface area (Å²) >= 11 is 0. The molecule has 0 amide bonds. The molecule has 2 N–H and O–H groups in total. The Kier molecular flexibility index (Phi) is 2.96. The normalized spacial score (nSPS) is 27.9. The van der Waals surface area contributed by atoms with Gasteiger partial charge in [0.2, 0.25) is 0 Å². The maximum atomic E-state index is 9.50. The minimum atomic E-state index is 0.380. The zero-order valence-electron chi connectivity index (χ0n) is 9.40. The molecule has 1 aromatic carbocycles. The Bertz CT molecular complexity index is 327. The van der Waals surface area contributed by atoms with Crippen molar-refractivity contribution in [3.63, 3.8) is 0 Å². The summed E-state index contributed by atoms with van der Waals surface area (Å²) in [6, 6.07) is 7.71. The molecule has 1 aliphatic rings. The fourth-order valence-electron chi connectivity index (χ4n) is 2.74. The van der Waals surface area contributed by atoms with E-state index in [4.69, 9.17) is 0 Å². The number of piperidine rings is 1. The van der Waals surface area contributed by atoms with Crippen LogP contribution in [0.3, 0.4) is 0 Å². The van der Waals surface area contributed by atoms with Crippen LogP contribution in [0.25, 0.3) is 0 Å². The lowest BCUT2D eigenvalue weighted by Crippen LogP contribution is -2.39. The van der Waals surface area contributed by atoms with Gasteiger partial charge in [-0.05, 0) is 48.5 Å². The Balaban J connectivity index is 2.27. The van der Waals surface area contributed by atoms with Crippen molar-refractivity contribution in [1.82, 2.24) is 5.32 Å². The van der Waals surface area contributed by atoms with Gasteiger partial charge >= 0.3 is 0 Å². The van der Waals surface area contributed by atoms with Gasteiger partial charge in [-0.25, -0.2) is 0 Å². The molecule has 2 nitrogen and oxygen atoms in total. The van der Waals surface area contributed by atoms with Crippen LogP contribution in [-0.2, 0) is 0 Å².